The van der Waals surface area contributed by atoms with Gasteiger partial charge in [-0.3, -0.25) is 0 Å². The molecule has 4 nitrogen and oxygen atoms in total. The Hall–Kier alpha value is -6.88. The Morgan fingerprint density at radius 2 is 0.979 bits per heavy atom. The zero-order valence-electron chi connectivity index (χ0n) is 25.8. The fourth-order valence-corrected chi connectivity index (χ4v) is 7.31. The van der Waals surface area contributed by atoms with Gasteiger partial charge in [-0.05, 0) is 48.0 Å². The number of nitrogens with zero attached hydrogens (tertiary/aromatic N) is 4. The van der Waals surface area contributed by atoms with Crippen LogP contribution in [0.2, 0.25) is 0 Å². The van der Waals surface area contributed by atoms with Crippen LogP contribution in [0.1, 0.15) is 5.56 Å². The van der Waals surface area contributed by atoms with Gasteiger partial charge >= 0.3 is 0 Å². The molecular weight excluding hydrogens is 585 g/mol. The van der Waals surface area contributed by atoms with Gasteiger partial charge in [-0.25, -0.2) is 4.85 Å². The molecule has 0 saturated carbocycles. The number of para-hydroxylation sites is 4. The lowest BCUT2D eigenvalue weighted by Crippen LogP contribution is -1.99. The van der Waals surface area contributed by atoms with Crippen LogP contribution in [-0.2, 0) is 0 Å². The number of rotatable bonds is 4. The zero-order chi connectivity index (χ0) is 32.2. The summed E-state index contributed by atoms with van der Waals surface area (Å²) in [6, 6.07) is 56.5. The van der Waals surface area contributed by atoms with E-state index in [2.05, 4.69) is 129 Å². The third kappa shape index (κ3) is 4.07. The van der Waals surface area contributed by atoms with Crippen LogP contribution in [-0.4, -0.2) is 9.13 Å². The van der Waals surface area contributed by atoms with E-state index in [0.29, 0.717) is 11.3 Å². The molecule has 0 bridgehead atoms. The monoisotopic (exact) mass is 610 g/mol. The van der Waals surface area contributed by atoms with E-state index in [1.54, 1.807) is 0 Å². The average Bonchev–Trinajstić information content (AvgIpc) is 3.67. The molecule has 0 radical (unpaired) electrons. The molecule has 0 aliphatic heterocycles. The molecule has 0 saturated heterocycles. The molecule has 9 aromatic rings. The quantitative estimate of drug-likeness (QED) is 0.183. The van der Waals surface area contributed by atoms with Gasteiger partial charge in [0.1, 0.15) is 6.07 Å². The van der Waals surface area contributed by atoms with E-state index in [-0.39, 0.29) is 0 Å². The molecule has 0 spiro atoms. The van der Waals surface area contributed by atoms with Gasteiger partial charge in [0.25, 0.3) is 0 Å². The second-order valence-corrected chi connectivity index (χ2v) is 11.9. The number of nitriles is 1. The van der Waals surface area contributed by atoms with Crippen LogP contribution >= 0.6 is 0 Å². The molecule has 0 aliphatic carbocycles. The van der Waals surface area contributed by atoms with Crippen molar-refractivity contribution >= 4 is 49.3 Å². The van der Waals surface area contributed by atoms with Crippen molar-refractivity contribution in [2.24, 2.45) is 0 Å². The Morgan fingerprint density at radius 3 is 1.50 bits per heavy atom. The predicted molar refractivity (Wildman–Crippen MR) is 197 cm³/mol. The van der Waals surface area contributed by atoms with Gasteiger partial charge in [0, 0.05) is 49.6 Å². The number of hydrogen-bond acceptors (Lipinski definition) is 1. The minimum atomic E-state index is 0.547. The summed E-state index contributed by atoms with van der Waals surface area (Å²) >= 11 is 0. The van der Waals surface area contributed by atoms with Crippen molar-refractivity contribution < 1.29 is 0 Å². The highest BCUT2D eigenvalue weighted by Crippen LogP contribution is 2.41. The predicted octanol–water partition coefficient (Wildman–Crippen LogP) is 11.6. The van der Waals surface area contributed by atoms with Crippen LogP contribution in [0.25, 0.3) is 82.1 Å². The highest BCUT2D eigenvalue weighted by molar-refractivity contribution is 6.10. The van der Waals surface area contributed by atoms with Gasteiger partial charge in [0.2, 0.25) is 0 Å². The molecule has 7 aromatic carbocycles. The summed E-state index contributed by atoms with van der Waals surface area (Å²) in [7, 11) is 0. The van der Waals surface area contributed by atoms with Crippen LogP contribution in [0.4, 0.5) is 5.69 Å². The Balaban J connectivity index is 1.22. The fraction of sp³-hybridized carbons (Fsp3) is 0. The van der Waals surface area contributed by atoms with E-state index in [1.165, 1.54) is 10.8 Å². The summed E-state index contributed by atoms with van der Waals surface area (Å²) in [6.07, 6.45) is 0. The molecule has 0 atom stereocenters. The molecule has 2 aromatic heterocycles. The van der Waals surface area contributed by atoms with E-state index in [4.69, 9.17) is 6.57 Å². The Morgan fingerprint density at radius 1 is 0.479 bits per heavy atom. The summed E-state index contributed by atoms with van der Waals surface area (Å²) in [5.41, 5.74) is 11.1. The van der Waals surface area contributed by atoms with Crippen LogP contribution in [0.15, 0.2) is 158 Å². The summed E-state index contributed by atoms with van der Waals surface area (Å²) in [5, 5.41) is 15.5. The van der Waals surface area contributed by atoms with E-state index < -0.39 is 0 Å². The zero-order valence-corrected chi connectivity index (χ0v) is 25.8. The number of benzene rings is 7. The molecule has 0 amide bonds. The molecule has 0 N–H and O–H groups in total. The van der Waals surface area contributed by atoms with E-state index >= 15 is 0 Å². The van der Waals surface area contributed by atoms with E-state index in [1.807, 2.05) is 48.5 Å². The molecule has 0 aliphatic rings. The SMILES string of the molecule is [C-]#[N+]c1ccc(-c2cccc(-c3ccc(-n4c5ccccc5c5ccccc54)cc3)c2C#N)c(-n2c3ccccc3c3ccccc32)c1. The highest BCUT2D eigenvalue weighted by Gasteiger charge is 2.20. The number of fused-ring (bicyclic) bond motifs is 6. The Labute approximate surface area is 277 Å². The molecule has 0 unspecified atom stereocenters. The fourth-order valence-electron chi connectivity index (χ4n) is 7.31. The van der Waals surface area contributed by atoms with Gasteiger partial charge in [-0.15, -0.1) is 0 Å². The Kier molecular flexibility index (Phi) is 6.22. The highest BCUT2D eigenvalue weighted by atomic mass is 15.0. The molecule has 4 heteroatoms. The second-order valence-electron chi connectivity index (χ2n) is 11.9. The van der Waals surface area contributed by atoms with Crippen molar-refractivity contribution in [3.05, 3.63) is 175 Å². The largest absolute Gasteiger partial charge is 0.310 e. The smallest absolute Gasteiger partial charge is 0.189 e. The van der Waals surface area contributed by atoms with Gasteiger partial charge in [-0.1, -0.05) is 115 Å². The third-order valence-electron chi connectivity index (χ3n) is 9.41. The minimum absolute atomic E-state index is 0.547. The minimum Gasteiger partial charge on any atom is -0.310 e. The van der Waals surface area contributed by atoms with E-state index in [0.717, 1.165) is 66.5 Å². The molecular formula is C44H26N4. The van der Waals surface area contributed by atoms with Crippen molar-refractivity contribution in [1.82, 2.24) is 9.13 Å². The van der Waals surface area contributed by atoms with Crippen molar-refractivity contribution in [3.8, 4) is 39.7 Å². The first-order valence-electron chi connectivity index (χ1n) is 15.9. The summed E-state index contributed by atoms with van der Waals surface area (Å²) in [6.45, 7) is 7.81. The first kappa shape index (κ1) is 27.4. The van der Waals surface area contributed by atoms with Gasteiger partial charge in [0.15, 0.2) is 5.69 Å². The maximum atomic E-state index is 10.7. The summed E-state index contributed by atoms with van der Waals surface area (Å²) in [5.74, 6) is 0. The normalized spacial score (nSPS) is 11.3. The maximum Gasteiger partial charge on any atom is 0.189 e. The molecule has 2 heterocycles. The van der Waals surface area contributed by atoms with E-state index in [9.17, 15) is 5.26 Å². The second kappa shape index (κ2) is 10.9. The molecule has 9 rings (SSSR count). The summed E-state index contributed by atoms with van der Waals surface area (Å²) < 4.78 is 4.52. The van der Waals surface area contributed by atoms with Crippen LogP contribution in [0.5, 0.6) is 0 Å². The maximum absolute atomic E-state index is 10.7. The molecule has 48 heavy (non-hydrogen) atoms. The number of hydrogen-bond donors (Lipinski definition) is 0. The lowest BCUT2D eigenvalue weighted by atomic mass is 9.91. The Bertz CT molecular complexity index is 2690. The first-order chi connectivity index (χ1) is 23.7. The van der Waals surface area contributed by atoms with Crippen LogP contribution < -0.4 is 0 Å². The topological polar surface area (TPSA) is 38.0 Å². The van der Waals surface area contributed by atoms with Crippen molar-refractivity contribution in [3.63, 3.8) is 0 Å². The van der Waals surface area contributed by atoms with Crippen LogP contribution in [0, 0.1) is 17.9 Å². The van der Waals surface area contributed by atoms with Gasteiger partial charge in [-0.2, -0.15) is 5.26 Å². The van der Waals surface area contributed by atoms with Crippen molar-refractivity contribution in [1.29, 1.82) is 5.26 Å². The summed E-state index contributed by atoms with van der Waals surface area (Å²) in [4.78, 5) is 3.78. The average molecular weight is 611 g/mol. The third-order valence-corrected chi connectivity index (χ3v) is 9.41. The number of aromatic nitrogens is 2. The van der Waals surface area contributed by atoms with Gasteiger partial charge < -0.3 is 9.13 Å². The van der Waals surface area contributed by atoms with Crippen molar-refractivity contribution in [2.45, 2.75) is 0 Å². The molecule has 0 fully saturated rings. The standard InChI is InChI=1S/C44H26N4/c1-46-30-23-26-38(44(27-30)48-42-19-8-4-13-36(42)37-14-5-9-20-43(37)48)33-16-10-15-32(39(33)28-45)29-21-24-31(25-22-29)47-40-17-6-2-11-34(40)35-12-3-7-18-41(35)47/h2-27H. The first-order valence-corrected chi connectivity index (χ1v) is 15.9. The lowest BCUT2D eigenvalue weighted by molar-refractivity contribution is 1.18. The lowest BCUT2D eigenvalue weighted by Gasteiger charge is -2.17. The van der Waals surface area contributed by atoms with Gasteiger partial charge in [0.05, 0.1) is 34.2 Å². The molecule has 222 valence electrons. The van der Waals surface area contributed by atoms with Crippen LogP contribution in [0.3, 0.4) is 0 Å². The van der Waals surface area contributed by atoms with Crippen molar-refractivity contribution in [2.75, 3.05) is 0 Å².